The number of aldehydes is 1. The fourth-order valence-corrected chi connectivity index (χ4v) is 3.68. The topological polar surface area (TPSA) is 76.4 Å². The van der Waals surface area contributed by atoms with E-state index in [2.05, 4.69) is 20.7 Å². The van der Waals surface area contributed by atoms with Crippen molar-refractivity contribution in [3.8, 4) is 0 Å². The number of hydrogen-bond acceptors (Lipinski definition) is 5. The molecule has 0 aliphatic heterocycles. The van der Waals surface area contributed by atoms with E-state index in [4.69, 9.17) is 4.42 Å². The second-order valence-corrected chi connectivity index (χ2v) is 7.55. The molecule has 2 rings (SSSR count). The Morgan fingerprint density at radius 3 is 2.67 bits per heavy atom. The average Bonchev–Trinajstić information content (AvgIpc) is 2.95. The molecule has 1 N–H and O–H groups in total. The zero-order chi connectivity index (χ0) is 13.2. The number of nitrogens with one attached hydrogen (secondary N) is 1. The molecule has 0 bridgehead atoms. The Labute approximate surface area is 116 Å². The van der Waals surface area contributed by atoms with Crippen molar-refractivity contribution in [3.63, 3.8) is 0 Å². The van der Waals surface area contributed by atoms with E-state index in [1.807, 2.05) is 12.1 Å². The van der Waals surface area contributed by atoms with E-state index >= 15 is 0 Å². The highest BCUT2D eigenvalue weighted by molar-refractivity contribution is 9.11. The summed E-state index contributed by atoms with van der Waals surface area (Å²) >= 11 is 4.73. The summed E-state index contributed by atoms with van der Waals surface area (Å²) in [5.74, 6) is -0.0192. The summed E-state index contributed by atoms with van der Waals surface area (Å²) in [6, 6.07) is 6.21. The molecule has 2 aromatic heterocycles. The molecule has 2 aromatic rings. The van der Waals surface area contributed by atoms with Gasteiger partial charge in [-0.2, -0.15) is 0 Å². The molecule has 0 aromatic carbocycles. The predicted octanol–water partition coefficient (Wildman–Crippen LogP) is 2.39. The van der Waals surface area contributed by atoms with Crippen LogP contribution in [0, 0.1) is 0 Å². The zero-order valence-corrected chi connectivity index (χ0v) is 12.1. The lowest BCUT2D eigenvalue weighted by atomic mass is 10.5. The number of furan rings is 1. The van der Waals surface area contributed by atoms with Gasteiger partial charge in [-0.1, -0.05) is 0 Å². The first-order chi connectivity index (χ1) is 8.51. The van der Waals surface area contributed by atoms with Crippen LogP contribution in [0.5, 0.6) is 0 Å². The van der Waals surface area contributed by atoms with E-state index < -0.39 is 10.0 Å². The van der Waals surface area contributed by atoms with Crippen LogP contribution in [0.4, 0.5) is 0 Å². The van der Waals surface area contributed by atoms with Crippen molar-refractivity contribution >= 4 is 43.6 Å². The highest BCUT2D eigenvalue weighted by Gasteiger charge is 2.18. The Hall–Kier alpha value is -0.960. The molecule has 0 saturated carbocycles. The van der Waals surface area contributed by atoms with Crippen LogP contribution in [0.3, 0.4) is 0 Å². The van der Waals surface area contributed by atoms with Gasteiger partial charge in [0.2, 0.25) is 5.09 Å². The van der Waals surface area contributed by atoms with E-state index in [0.717, 1.165) is 8.66 Å². The first-order valence-corrected chi connectivity index (χ1v) is 7.89. The molecule has 0 fully saturated rings. The zero-order valence-electron chi connectivity index (χ0n) is 8.92. The van der Waals surface area contributed by atoms with Crippen molar-refractivity contribution in [1.82, 2.24) is 4.72 Å². The smallest absolute Gasteiger partial charge is 0.274 e. The van der Waals surface area contributed by atoms with Gasteiger partial charge in [-0.25, -0.2) is 13.1 Å². The minimum absolute atomic E-state index is 0.0192. The summed E-state index contributed by atoms with van der Waals surface area (Å²) in [6.07, 6.45) is 0.454. The molecule has 0 radical (unpaired) electrons. The third-order valence-corrected chi connectivity index (χ3v) is 4.95. The lowest BCUT2D eigenvalue weighted by molar-refractivity contribution is 0.109. The molecular formula is C10H8BrNO4S2. The second kappa shape index (κ2) is 5.35. The molecule has 18 heavy (non-hydrogen) atoms. The molecule has 0 unspecified atom stereocenters. The molecule has 0 aliphatic rings. The lowest BCUT2D eigenvalue weighted by Crippen LogP contribution is -2.22. The van der Waals surface area contributed by atoms with Crippen LogP contribution in [0.1, 0.15) is 15.4 Å². The minimum Gasteiger partial charge on any atom is -0.440 e. The van der Waals surface area contributed by atoms with E-state index in [-0.39, 0.29) is 17.4 Å². The fourth-order valence-electron chi connectivity index (χ4n) is 1.23. The fraction of sp³-hybridized carbons (Fsp3) is 0.100. The molecular weight excluding hydrogens is 342 g/mol. The number of rotatable bonds is 5. The molecule has 0 atom stereocenters. The van der Waals surface area contributed by atoms with Crippen LogP contribution in [0.25, 0.3) is 0 Å². The molecule has 8 heteroatoms. The monoisotopic (exact) mass is 349 g/mol. The Bertz CT molecular complexity index is 659. The number of sulfonamides is 1. The van der Waals surface area contributed by atoms with Crippen molar-refractivity contribution in [3.05, 3.63) is 38.7 Å². The molecule has 5 nitrogen and oxygen atoms in total. The van der Waals surface area contributed by atoms with Gasteiger partial charge in [0.1, 0.15) is 0 Å². The standard InChI is InChI=1S/C10H8BrNO4S2/c11-9-3-2-8(17-9)5-12-18(14,15)10-4-1-7(6-13)16-10/h1-4,6,12H,5H2. The van der Waals surface area contributed by atoms with Gasteiger partial charge < -0.3 is 4.42 Å². The van der Waals surface area contributed by atoms with Crippen LogP contribution in [-0.4, -0.2) is 14.7 Å². The first kappa shape index (κ1) is 13.5. The van der Waals surface area contributed by atoms with Crippen LogP contribution >= 0.6 is 27.3 Å². The van der Waals surface area contributed by atoms with Gasteiger partial charge in [0.25, 0.3) is 10.0 Å². The van der Waals surface area contributed by atoms with Crippen molar-refractivity contribution in [2.24, 2.45) is 0 Å². The highest BCUT2D eigenvalue weighted by Crippen LogP contribution is 2.22. The van der Waals surface area contributed by atoms with Gasteiger partial charge in [-0.3, -0.25) is 4.79 Å². The number of carbonyl (C=O) groups excluding carboxylic acids is 1. The van der Waals surface area contributed by atoms with E-state index in [1.165, 1.54) is 23.5 Å². The summed E-state index contributed by atoms with van der Waals surface area (Å²) in [5.41, 5.74) is 0. The minimum atomic E-state index is -3.72. The quantitative estimate of drug-likeness (QED) is 0.840. The molecule has 96 valence electrons. The Balaban J connectivity index is 2.09. The second-order valence-electron chi connectivity index (χ2n) is 3.31. The molecule has 0 amide bonds. The Kier molecular flexibility index (Phi) is 4.00. The normalized spacial score (nSPS) is 11.6. The van der Waals surface area contributed by atoms with Gasteiger partial charge in [-0.15, -0.1) is 11.3 Å². The van der Waals surface area contributed by atoms with Gasteiger partial charge in [-0.05, 0) is 40.2 Å². The van der Waals surface area contributed by atoms with Crippen molar-refractivity contribution in [2.45, 2.75) is 11.6 Å². The maximum absolute atomic E-state index is 11.8. The van der Waals surface area contributed by atoms with Crippen molar-refractivity contribution < 1.29 is 17.6 Å². The number of carbonyl (C=O) groups is 1. The third kappa shape index (κ3) is 3.08. The Morgan fingerprint density at radius 1 is 1.33 bits per heavy atom. The van der Waals surface area contributed by atoms with Crippen LogP contribution in [0.2, 0.25) is 0 Å². The van der Waals surface area contributed by atoms with E-state index in [1.54, 1.807) is 0 Å². The SMILES string of the molecule is O=Cc1ccc(S(=O)(=O)NCc2ccc(Br)s2)o1. The van der Waals surface area contributed by atoms with Gasteiger partial charge in [0, 0.05) is 11.4 Å². The van der Waals surface area contributed by atoms with Crippen LogP contribution in [0.15, 0.2) is 37.6 Å². The van der Waals surface area contributed by atoms with Gasteiger partial charge in [0.05, 0.1) is 3.79 Å². The van der Waals surface area contributed by atoms with E-state index in [0.29, 0.717) is 6.29 Å². The average molecular weight is 350 g/mol. The Morgan fingerprint density at radius 2 is 2.11 bits per heavy atom. The van der Waals surface area contributed by atoms with Gasteiger partial charge >= 0.3 is 0 Å². The van der Waals surface area contributed by atoms with Crippen LogP contribution < -0.4 is 4.72 Å². The van der Waals surface area contributed by atoms with Gasteiger partial charge in [0.15, 0.2) is 12.0 Å². The maximum atomic E-state index is 11.8. The first-order valence-electron chi connectivity index (χ1n) is 4.80. The lowest BCUT2D eigenvalue weighted by Gasteiger charge is -2.01. The number of hydrogen-bond donors (Lipinski definition) is 1. The number of thiophene rings is 1. The van der Waals surface area contributed by atoms with Crippen molar-refractivity contribution in [2.75, 3.05) is 0 Å². The summed E-state index contributed by atoms with van der Waals surface area (Å²) in [6.45, 7) is 0.176. The molecule has 0 saturated heterocycles. The number of halogens is 1. The molecule has 0 aliphatic carbocycles. The summed E-state index contributed by atoms with van der Waals surface area (Å²) in [5, 5.41) is -0.264. The highest BCUT2D eigenvalue weighted by atomic mass is 79.9. The molecule has 2 heterocycles. The predicted molar refractivity (Wildman–Crippen MR) is 70.1 cm³/mol. The summed E-state index contributed by atoms with van der Waals surface area (Å²) in [4.78, 5) is 11.3. The third-order valence-electron chi connectivity index (χ3n) is 2.05. The summed E-state index contributed by atoms with van der Waals surface area (Å²) < 4.78 is 31.8. The largest absolute Gasteiger partial charge is 0.440 e. The van der Waals surface area contributed by atoms with E-state index in [9.17, 15) is 13.2 Å². The molecule has 0 spiro atoms. The van der Waals surface area contributed by atoms with Crippen molar-refractivity contribution in [1.29, 1.82) is 0 Å². The maximum Gasteiger partial charge on any atom is 0.274 e. The summed E-state index contributed by atoms with van der Waals surface area (Å²) in [7, 11) is -3.72. The van der Waals surface area contributed by atoms with Crippen LogP contribution in [-0.2, 0) is 16.6 Å².